The summed E-state index contributed by atoms with van der Waals surface area (Å²) < 4.78 is 38.5. The van der Waals surface area contributed by atoms with E-state index >= 15 is 0 Å². The molecule has 0 saturated carbocycles. The SMILES string of the molecule is Cc1ccc(S(=O)(=O)n2ccc3ccc(N(NC(=O)OC(C)(C)C)C(=O)OC(C)(C)C)cc32)cc1. The lowest BCUT2D eigenvalue weighted by atomic mass is 10.2. The smallest absolute Gasteiger partial charge is 0.434 e. The number of fused-ring (bicyclic) bond motifs is 1. The van der Waals surface area contributed by atoms with Crippen LogP contribution in [0.4, 0.5) is 15.3 Å². The summed E-state index contributed by atoms with van der Waals surface area (Å²) in [6, 6.07) is 12.9. The second-order valence-electron chi connectivity index (χ2n) is 10.1. The van der Waals surface area contributed by atoms with Gasteiger partial charge in [0.2, 0.25) is 0 Å². The van der Waals surface area contributed by atoms with Crippen LogP contribution in [0.2, 0.25) is 0 Å². The molecule has 3 aromatic rings. The Morgan fingerprint density at radius 3 is 2.06 bits per heavy atom. The summed E-state index contributed by atoms with van der Waals surface area (Å²) in [6.07, 6.45) is -0.281. The molecule has 1 heterocycles. The first kappa shape index (κ1) is 26.1. The standard InChI is InChI=1S/C25H31N3O6S/c1-17-8-12-20(13-9-17)35(31,32)27-15-14-18-10-11-19(16-21(18)27)28(23(30)34-25(5,6)7)26-22(29)33-24(2,3)4/h8-16H,1-7H3,(H,26,29). The molecule has 2 aromatic carbocycles. The van der Waals surface area contributed by atoms with Crippen LogP contribution in [-0.2, 0) is 19.5 Å². The highest BCUT2D eigenvalue weighted by molar-refractivity contribution is 7.90. The summed E-state index contributed by atoms with van der Waals surface area (Å²) in [4.78, 5) is 25.6. The predicted molar refractivity (Wildman–Crippen MR) is 134 cm³/mol. The fraction of sp³-hybridized carbons (Fsp3) is 0.360. The van der Waals surface area contributed by atoms with Crippen LogP contribution in [0, 0.1) is 6.92 Å². The Morgan fingerprint density at radius 1 is 0.886 bits per heavy atom. The molecule has 0 aliphatic carbocycles. The van der Waals surface area contributed by atoms with Crippen molar-refractivity contribution >= 4 is 38.8 Å². The lowest BCUT2D eigenvalue weighted by molar-refractivity contribution is 0.0425. The largest absolute Gasteiger partial charge is 0.443 e. The van der Waals surface area contributed by atoms with Gasteiger partial charge in [-0.05, 0) is 78.8 Å². The molecule has 0 aliphatic heterocycles. The van der Waals surface area contributed by atoms with E-state index in [-0.39, 0.29) is 10.6 Å². The van der Waals surface area contributed by atoms with Gasteiger partial charge < -0.3 is 9.47 Å². The van der Waals surface area contributed by atoms with Gasteiger partial charge in [0.15, 0.2) is 0 Å². The quantitative estimate of drug-likeness (QED) is 0.484. The lowest BCUT2D eigenvalue weighted by Crippen LogP contribution is -2.50. The first-order valence-electron chi connectivity index (χ1n) is 11.0. The molecule has 0 aliphatic rings. The second-order valence-corrected chi connectivity index (χ2v) is 11.9. The highest BCUT2D eigenvalue weighted by Gasteiger charge is 2.28. The molecule has 0 fully saturated rings. The number of aryl methyl sites for hydroxylation is 1. The van der Waals surface area contributed by atoms with Gasteiger partial charge in [0.1, 0.15) is 11.2 Å². The Labute approximate surface area is 205 Å². The van der Waals surface area contributed by atoms with Crippen LogP contribution in [-0.4, -0.2) is 35.8 Å². The first-order valence-corrected chi connectivity index (χ1v) is 12.5. The maximum Gasteiger partial charge on any atom is 0.434 e. The summed E-state index contributed by atoms with van der Waals surface area (Å²) in [7, 11) is -3.91. The Kier molecular flexibility index (Phi) is 6.90. The third kappa shape index (κ3) is 6.33. The number of hydrogen-bond acceptors (Lipinski definition) is 6. The van der Waals surface area contributed by atoms with Gasteiger partial charge in [-0.2, -0.15) is 5.01 Å². The summed E-state index contributed by atoms with van der Waals surface area (Å²) >= 11 is 0. The van der Waals surface area contributed by atoms with Crippen LogP contribution < -0.4 is 10.4 Å². The predicted octanol–water partition coefficient (Wildman–Crippen LogP) is 5.37. The number of carbonyl (C=O) groups excluding carboxylic acids is 2. The fourth-order valence-electron chi connectivity index (χ4n) is 3.18. The van der Waals surface area contributed by atoms with Gasteiger partial charge in [-0.1, -0.05) is 23.8 Å². The van der Waals surface area contributed by atoms with Crippen LogP contribution in [0.3, 0.4) is 0 Å². The number of anilines is 1. The molecule has 1 aromatic heterocycles. The molecular weight excluding hydrogens is 470 g/mol. The third-order valence-electron chi connectivity index (χ3n) is 4.65. The number of aromatic nitrogens is 1. The van der Waals surface area contributed by atoms with Crippen molar-refractivity contribution in [3.63, 3.8) is 0 Å². The summed E-state index contributed by atoms with van der Waals surface area (Å²) in [6.45, 7) is 12.0. The van der Waals surface area contributed by atoms with Crippen molar-refractivity contribution in [1.29, 1.82) is 0 Å². The molecule has 0 saturated heterocycles. The van der Waals surface area contributed by atoms with E-state index in [1.807, 2.05) is 6.92 Å². The van der Waals surface area contributed by atoms with Crippen molar-refractivity contribution in [2.45, 2.75) is 64.6 Å². The molecule has 0 bridgehead atoms. The topological polar surface area (TPSA) is 107 Å². The Hall–Kier alpha value is -3.53. The monoisotopic (exact) mass is 501 g/mol. The number of ether oxygens (including phenoxy) is 2. The number of benzene rings is 2. The minimum atomic E-state index is -3.91. The van der Waals surface area contributed by atoms with Gasteiger partial charge >= 0.3 is 12.2 Å². The minimum absolute atomic E-state index is 0.127. The van der Waals surface area contributed by atoms with E-state index in [1.54, 1.807) is 71.9 Å². The van der Waals surface area contributed by atoms with E-state index in [1.165, 1.54) is 24.4 Å². The number of carbonyl (C=O) groups is 2. The van der Waals surface area contributed by atoms with Crippen LogP contribution >= 0.6 is 0 Å². The maximum atomic E-state index is 13.3. The fourth-order valence-corrected chi connectivity index (χ4v) is 4.53. The highest BCUT2D eigenvalue weighted by Crippen LogP contribution is 2.27. The molecule has 0 atom stereocenters. The van der Waals surface area contributed by atoms with Crippen molar-refractivity contribution in [3.8, 4) is 0 Å². The number of nitrogens with one attached hydrogen (secondary N) is 1. The van der Waals surface area contributed by atoms with Gasteiger partial charge in [0.05, 0.1) is 16.1 Å². The molecule has 10 heteroatoms. The first-order chi connectivity index (χ1) is 16.1. The summed E-state index contributed by atoms with van der Waals surface area (Å²) in [5.41, 5.74) is 2.21. The van der Waals surface area contributed by atoms with E-state index in [9.17, 15) is 18.0 Å². The molecule has 0 spiro atoms. The third-order valence-corrected chi connectivity index (χ3v) is 6.36. The average Bonchev–Trinajstić information content (AvgIpc) is 3.13. The van der Waals surface area contributed by atoms with Crippen molar-refractivity contribution in [1.82, 2.24) is 9.40 Å². The van der Waals surface area contributed by atoms with Gasteiger partial charge in [-0.15, -0.1) is 0 Å². The highest BCUT2D eigenvalue weighted by atomic mass is 32.2. The van der Waals surface area contributed by atoms with Gasteiger partial charge in [-0.3, -0.25) is 0 Å². The van der Waals surface area contributed by atoms with E-state index < -0.39 is 33.4 Å². The number of hydrogen-bond donors (Lipinski definition) is 1. The minimum Gasteiger partial charge on any atom is -0.443 e. The van der Waals surface area contributed by atoms with Crippen LogP contribution in [0.1, 0.15) is 47.1 Å². The van der Waals surface area contributed by atoms with E-state index in [4.69, 9.17) is 9.47 Å². The number of nitrogens with zero attached hydrogens (tertiary/aromatic N) is 2. The number of hydrazine groups is 1. The molecule has 0 radical (unpaired) electrons. The van der Waals surface area contributed by atoms with Gasteiger partial charge in [-0.25, -0.2) is 27.4 Å². The van der Waals surface area contributed by atoms with E-state index in [0.717, 1.165) is 14.5 Å². The van der Waals surface area contributed by atoms with Gasteiger partial charge in [0.25, 0.3) is 10.0 Å². The van der Waals surface area contributed by atoms with E-state index in [2.05, 4.69) is 5.43 Å². The molecule has 3 rings (SSSR count). The zero-order valence-electron chi connectivity index (χ0n) is 20.9. The Morgan fingerprint density at radius 2 is 1.49 bits per heavy atom. The van der Waals surface area contributed by atoms with Crippen molar-refractivity contribution in [3.05, 3.63) is 60.3 Å². The molecule has 188 valence electrons. The number of rotatable bonds is 3. The van der Waals surface area contributed by atoms with E-state index in [0.29, 0.717) is 10.9 Å². The normalized spacial score (nSPS) is 12.3. The maximum absolute atomic E-state index is 13.3. The molecule has 2 amide bonds. The summed E-state index contributed by atoms with van der Waals surface area (Å²) in [5, 5.41) is 1.53. The second kappa shape index (κ2) is 9.26. The Balaban J connectivity index is 2.07. The lowest BCUT2D eigenvalue weighted by Gasteiger charge is -2.29. The average molecular weight is 502 g/mol. The van der Waals surface area contributed by atoms with Crippen molar-refractivity contribution < 1.29 is 27.5 Å². The van der Waals surface area contributed by atoms with Gasteiger partial charge in [0, 0.05) is 11.6 Å². The Bertz CT molecular complexity index is 1350. The molecule has 0 unspecified atom stereocenters. The molecule has 9 nitrogen and oxygen atoms in total. The van der Waals surface area contributed by atoms with Crippen LogP contribution in [0.15, 0.2) is 59.6 Å². The zero-order chi connectivity index (χ0) is 26.2. The molecular formula is C25H31N3O6S. The van der Waals surface area contributed by atoms with Crippen LogP contribution in [0.25, 0.3) is 10.9 Å². The molecule has 35 heavy (non-hydrogen) atoms. The zero-order valence-corrected chi connectivity index (χ0v) is 21.8. The van der Waals surface area contributed by atoms with Crippen LogP contribution in [0.5, 0.6) is 0 Å². The number of amides is 2. The summed E-state index contributed by atoms with van der Waals surface area (Å²) in [5.74, 6) is 0. The molecule has 1 N–H and O–H groups in total. The van der Waals surface area contributed by atoms with Crippen molar-refractivity contribution in [2.75, 3.05) is 5.01 Å². The van der Waals surface area contributed by atoms with Crippen molar-refractivity contribution in [2.24, 2.45) is 0 Å².